The van der Waals surface area contributed by atoms with E-state index >= 15 is 0 Å². The van der Waals surface area contributed by atoms with E-state index in [-0.39, 0.29) is 30.0 Å². The van der Waals surface area contributed by atoms with Gasteiger partial charge in [-0.15, -0.1) is 24.0 Å². The van der Waals surface area contributed by atoms with Crippen LogP contribution >= 0.6 is 24.0 Å². The van der Waals surface area contributed by atoms with Crippen molar-refractivity contribution in [2.75, 3.05) is 26.7 Å². The molecule has 150 valence electrons. The molecule has 1 saturated heterocycles. The molecule has 2 heterocycles. The van der Waals surface area contributed by atoms with Crippen molar-refractivity contribution in [3.8, 4) is 6.07 Å². The normalized spacial score (nSPS) is 15.9. The zero-order chi connectivity index (χ0) is 18.9. The van der Waals surface area contributed by atoms with E-state index in [9.17, 15) is 0 Å². The lowest BCUT2D eigenvalue weighted by Crippen LogP contribution is -2.44. The lowest BCUT2D eigenvalue weighted by atomic mass is 10.1. The van der Waals surface area contributed by atoms with E-state index in [1.54, 1.807) is 13.3 Å². The van der Waals surface area contributed by atoms with Crippen LogP contribution < -0.4 is 10.6 Å². The summed E-state index contributed by atoms with van der Waals surface area (Å²) < 4.78 is 5.70. The number of likely N-dealkylation sites (tertiary alicyclic amines) is 1. The molecule has 28 heavy (non-hydrogen) atoms. The summed E-state index contributed by atoms with van der Waals surface area (Å²) in [6.07, 6.45) is 5.53. The number of piperidine rings is 1. The highest BCUT2D eigenvalue weighted by molar-refractivity contribution is 14.0. The number of halogens is 1. The molecule has 2 N–H and O–H groups in total. The fourth-order valence-electron chi connectivity index (χ4n) is 3.42. The van der Waals surface area contributed by atoms with Gasteiger partial charge in [-0.3, -0.25) is 9.89 Å². The highest BCUT2D eigenvalue weighted by atomic mass is 127. The van der Waals surface area contributed by atoms with Crippen molar-refractivity contribution in [2.24, 2.45) is 4.99 Å². The molecule has 0 bridgehead atoms. The maximum Gasteiger partial charge on any atom is 0.191 e. The van der Waals surface area contributed by atoms with Gasteiger partial charge in [-0.2, -0.15) is 5.26 Å². The first-order valence-electron chi connectivity index (χ1n) is 9.51. The molecular weight excluding hydrogens is 465 g/mol. The lowest BCUT2D eigenvalue weighted by Gasteiger charge is -2.33. The number of furan rings is 1. The second-order valence-electron chi connectivity index (χ2n) is 6.74. The quantitative estimate of drug-likeness (QED) is 0.365. The van der Waals surface area contributed by atoms with E-state index in [0.717, 1.165) is 36.9 Å². The van der Waals surface area contributed by atoms with Crippen LogP contribution in [-0.4, -0.2) is 37.5 Å². The number of hydrogen-bond acceptors (Lipinski definition) is 4. The van der Waals surface area contributed by atoms with Crippen LogP contribution in [0.2, 0.25) is 0 Å². The molecule has 1 aromatic heterocycles. The minimum atomic E-state index is 0. The van der Waals surface area contributed by atoms with Gasteiger partial charge in [0.15, 0.2) is 5.96 Å². The highest BCUT2D eigenvalue weighted by Gasteiger charge is 2.24. The Morgan fingerprint density at radius 2 is 1.93 bits per heavy atom. The second-order valence-corrected chi connectivity index (χ2v) is 6.74. The Balaban J connectivity index is 0.00000280. The van der Waals surface area contributed by atoms with E-state index in [1.807, 2.05) is 36.4 Å². The molecule has 0 aliphatic carbocycles. The Bertz CT molecular complexity index is 761. The smallest absolute Gasteiger partial charge is 0.191 e. The van der Waals surface area contributed by atoms with Crippen molar-refractivity contribution in [3.05, 3.63) is 59.5 Å². The molecule has 1 aromatic carbocycles. The molecule has 1 aliphatic heterocycles. The number of benzene rings is 1. The van der Waals surface area contributed by atoms with E-state index in [1.165, 1.54) is 19.3 Å². The van der Waals surface area contributed by atoms with E-state index in [4.69, 9.17) is 9.68 Å². The van der Waals surface area contributed by atoms with Crippen LogP contribution in [0.15, 0.2) is 52.1 Å². The van der Waals surface area contributed by atoms with Gasteiger partial charge in [-0.25, -0.2) is 0 Å². The van der Waals surface area contributed by atoms with Crippen LogP contribution in [0.1, 0.15) is 42.2 Å². The minimum absolute atomic E-state index is 0. The third-order valence-corrected chi connectivity index (χ3v) is 4.93. The van der Waals surface area contributed by atoms with Gasteiger partial charge in [-0.05, 0) is 55.8 Å². The molecule has 0 radical (unpaired) electrons. The maximum absolute atomic E-state index is 8.89. The van der Waals surface area contributed by atoms with Crippen molar-refractivity contribution in [3.63, 3.8) is 0 Å². The average molecular weight is 493 g/mol. The molecule has 0 spiro atoms. The van der Waals surface area contributed by atoms with Crippen molar-refractivity contribution in [2.45, 2.75) is 31.8 Å². The molecule has 1 atom stereocenters. The molecule has 1 fully saturated rings. The number of rotatable bonds is 6. The number of aliphatic imine (C=N–C) groups is 1. The van der Waals surface area contributed by atoms with Crippen LogP contribution in [0.3, 0.4) is 0 Å². The van der Waals surface area contributed by atoms with E-state index in [2.05, 4.69) is 26.6 Å². The first kappa shape index (κ1) is 22.2. The largest absolute Gasteiger partial charge is 0.468 e. The predicted molar refractivity (Wildman–Crippen MR) is 122 cm³/mol. The summed E-state index contributed by atoms with van der Waals surface area (Å²) in [7, 11) is 1.77. The monoisotopic (exact) mass is 493 g/mol. The SMILES string of the molecule is CN=C(NCc1ccc(C#N)cc1)NCC(c1ccco1)N1CCCCC1.I. The van der Waals surface area contributed by atoms with Crippen LogP contribution in [-0.2, 0) is 6.54 Å². The summed E-state index contributed by atoms with van der Waals surface area (Å²) >= 11 is 0. The Labute approximate surface area is 184 Å². The molecule has 1 aliphatic rings. The van der Waals surface area contributed by atoms with Crippen molar-refractivity contribution in [1.82, 2.24) is 15.5 Å². The average Bonchev–Trinajstić information content (AvgIpc) is 3.26. The zero-order valence-electron chi connectivity index (χ0n) is 16.2. The lowest BCUT2D eigenvalue weighted by molar-refractivity contribution is 0.146. The van der Waals surface area contributed by atoms with Gasteiger partial charge in [0.05, 0.1) is 23.9 Å². The number of nitrogens with one attached hydrogen (secondary N) is 2. The number of hydrogen-bond donors (Lipinski definition) is 2. The predicted octanol–water partition coefficient (Wildman–Crippen LogP) is 3.66. The Kier molecular flexibility index (Phi) is 9.31. The molecule has 0 amide bonds. The Hall–Kier alpha value is -2.05. The number of guanidine groups is 1. The van der Waals surface area contributed by atoms with Crippen LogP contribution in [0.25, 0.3) is 0 Å². The summed E-state index contributed by atoms with van der Waals surface area (Å²) in [4.78, 5) is 6.82. The molecule has 7 heteroatoms. The standard InChI is InChI=1S/C21H27N5O.HI/c1-23-21(24-15-18-9-7-17(14-22)8-10-18)25-16-19(20-6-5-13-27-20)26-11-3-2-4-12-26;/h5-10,13,19H,2-4,11-12,15-16H2,1H3,(H2,23,24,25);1H. The van der Waals surface area contributed by atoms with Crippen LogP contribution in [0.4, 0.5) is 0 Å². The number of nitriles is 1. The second kappa shape index (κ2) is 11.7. The third-order valence-electron chi connectivity index (χ3n) is 4.93. The molecular formula is C21H28IN5O. The fraction of sp³-hybridized carbons (Fsp3) is 0.429. The van der Waals surface area contributed by atoms with Crippen molar-refractivity contribution < 1.29 is 4.42 Å². The maximum atomic E-state index is 8.89. The van der Waals surface area contributed by atoms with E-state index < -0.39 is 0 Å². The first-order valence-corrected chi connectivity index (χ1v) is 9.51. The summed E-state index contributed by atoms with van der Waals surface area (Å²) in [6.45, 7) is 3.59. The molecule has 6 nitrogen and oxygen atoms in total. The summed E-state index contributed by atoms with van der Waals surface area (Å²) in [6, 6.07) is 13.9. The molecule has 3 rings (SSSR count). The summed E-state index contributed by atoms with van der Waals surface area (Å²) in [5.74, 6) is 1.75. The van der Waals surface area contributed by atoms with Gasteiger partial charge in [0.2, 0.25) is 0 Å². The molecule has 1 unspecified atom stereocenters. The van der Waals surface area contributed by atoms with Gasteiger partial charge in [-0.1, -0.05) is 18.6 Å². The highest BCUT2D eigenvalue weighted by Crippen LogP contribution is 2.24. The number of nitrogens with zero attached hydrogens (tertiary/aromatic N) is 3. The van der Waals surface area contributed by atoms with Gasteiger partial charge in [0, 0.05) is 20.1 Å². The van der Waals surface area contributed by atoms with Gasteiger partial charge >= 0.3 is 0 Å². The van der Waals surface area contributed by atoms with Gasteiger partial charge < -0.3 is 15.1 Å². The molecule has 0 saturated carbocycles. The molecule has 2 aromatic rings. The van der Waals surface area contributed by atoms with E-state index in [0.29, 0.717) is 12.1 Å². The van der Waals surface area contributed by atoms with Crippen molar-refractivity contribution >= 4 is 29.9 Å². The Morgan fingerprint density at radius 3 is 2.54 bits per heavy atom. The topological polar surface area (TPSA) is 76.6 Å². The van der Waals surface area contributed by atoms with Crippen LogP contribution in [0.5, 0.6) is 0 Å². The third kappa shape index (κ3) is 6.24. The summed E-state index contributed by atoms with van der Waals surface area (Å²) in [5, 5.41) is 15.7. The zero-order valence-corrected chi connectivity index (χ0v) is 18.6. The van der Waals surface area contributed by atoms with Gasteiger partial charge in [0.1, 0.15) is 5.76 Å². The first-order chi connectivity index (χ1) is 13.3. The summed E-state index contributed by atoms with van der Waals surface area (Å²) in [5.41, 5.74) is 1.78. The van der Waals surface area contributed by atoms with Crippen LogP contribution in [0, 0.1) is 11.3 Å². The van der Waals surface area contributed by atoms with Gasteiger partial charge in [0.25, 0.3) is 0 Å². The Morgan fingerprint density at radius 1 is 1.18 bits per heavy atom. The fourth-order valence-corrected chi connectivity index (χ4v) is 3.42. The minimum Gasteiger partial charge on any atom is -0.468 e. The van der Waals surface area contributed by atoms with Crippen molar-refractivity contribution in [1.29, 1.82) is 5.26 Å².